The van der Waals surface area contributed by atoms with Gasteiger partial charge in [-0.3, -0.25) is 9.59 Å². The van der Waals surface area contributed by atoms with Crippen molar-refractivity contribution in [2.24, 2.45) is 0 Å². The van der Waals surface area contributed by atoms with Gasteiger partial charge in [0, 0.05) is 42.0 Å². The molecular formula is C24H33F2N5O3S. The lowest BCUT2D eigenvalue weighted by atomic mass is 10.1. The molecule has 2 aromatic heterocycles. The van der Waals surface area contributed by atoms with Crippen molar-refractivity contribution in [2.45, 2.75) is 78.0 Å². The van der Waals surface area contributed by atoms with Crippen molar-refractivity contribution < 1.29 is 23.5 Å². The number of aromatic nitrogens is 2. The van der Waals surface area contributed by atoms with Crippen LogP contribution < -0.4 is 10.6 Å². The summed E-state index contributed by atoms with van der Waals surface area (Å²) in [4.78, 5) is 36.6. The van der Waals surface area contributed by atoms with Crippen LogP contribution in [0, 0.1) is 0 Å². The third-order valence-corrected chi connectivity index (χ3v) is 6.53. The first-order valence-corrected chi connectivity index (χ1v) is 12.4. The lowest BCUT2D eigenvalue weighted by Gasteiger charge is -2.23. The standard InChI is InChI=1S/C24H33F2N5O3S/c1-13-8-7-9-31(13)22(33)17-18(35-21(29-17)20(32)28-12-24(5,6)34)15-11-27-16(30-23(2,3)4)10-14(15)19(25)26/h10-11,13,19,34H,7-9,12H2,1-6H3,(H,27,30)(H,28,32). The van der Waals surface area contributed by atoms with Gasteiger partial charge in [-0.1, -0.05) is 0 Å². The maximum Gasteiger partial charge on any atom is 0.280 e. The zero-order chi connectivity index (χ0) is 26.1. The summed E-state index contributed by atoms with van der Waals surface area (Å²) in [5, 5.41) is 15.5. The Hall–Kier alpha value is -2.66. The Morgan fingerprint density at radius 1 is 1.29 bits per heavy atom. The average molecular weight is 510 g/mol. The maximum atomic E-state index is 14.2. The minimum atomic E-state index is -2.84. The van der Waals surface area contributed by atoms with Gasteiger partial charge >= 0.3 is 0 Å². The summed E-state index contributed by atoms with van der Waals surface area (Å²) in [6.07, 6.45) is 0.131. The number of nitrogens with one attached hydrogen (secondary N) is 2. The van der Waals surface area contributed by atoms with Crippen molar-refractivity contribution in [3.8, 4) is 10.4 Å². The second-order valence-electron chi connectivity index (χ2n) is 10.5. The van der Waals surface area contributed by atoms with Crippen molar-refractivity contribution in [3.63, 3.8) is 0 Å². The number of thiazole rings is 1. The molecule has 3 heterocycles. The van der Waals surface area contributed by atoms with Crippen molar-refractivity contribution in [2.75, 3.05) is 18.4 Å². The minimum absolute atomic E-state index is 0.0180. The molecule has 0 radical (unpaired) electrons. The van der Waals surface area contributed by atoms with Gasteiger partial charge in [0.05, 0.1) is 10.5 Å². The normalized spacial score (nSPS) is 16.6. The Kier molecular flexibility index (Phi) is 7.80. The first-order valence-electron chi connectivity index (χ1n) is 11.6. The van der Waals surface area contributed by atoms with Gasteiger partial charge < -0.3 is 20.6 Å². The Bertz CT molecular complexity index is 1090. The van der Waals surface area contributed by atoms with E-state index in [-0.39, 0.29) is 45.1 Å². The molecule has 35 heavy (non-hydrogen) atoms. The Labute approximate surface area is 208 Å². The zero-order valence-electron chi connectivity index (χ0n) is 20.9. The minimum Gasteiger partial charge on any atom is -0.389 e. The number of hydrogen-bond acceptors (Lipinski definition) is 7. The summed E-state index contributed by atoms with van der Waals surface area (Å²) < 4.78 is 28.3. The monoisotopic (exact) mass is 509 g/mol. The predicted molar refractivity (Wildman–Crippen MR) is 132 cm³/mol. The molecule has 3 rings (SSSR count). The summed E-state index contributed by atoms with van der Waals surface area (Å²) >= 11 is 0.864. The van der Waals surface area contributed by atoms with Gasteiger partial charge in [-0.05, 0) is 60.5 Å². The molecule has 1 saturated heterocycles. The molecule has 1 aliphatic heterocycles. The fourth-order valence-corrected chi connectivity index (χ4v) is 4.79. The number of anilines is 1. The summed E-state index contributed by atoms with van der Waals surface area (Å²) in [5.74, 6) is -0.713. The van der Waals surface area contributed by atoms with E-state index in [1.54, 1.807) is 4.90 Å². The van der Waals surface area contributed by atoms with Gasteiger partial charge in [0.15, 0.2) is 5.01 Å². The summed E-state index contributed by atoms with van der Waals surface area (Å²) in [7, 11) is 0. The van der Waals surface area contributed by atoms with Gasteiger partial charge in [0.25, 0.3) is 18.2 Å². The van der Waals surface area contributed by atoms with E-state index in [1.165, 1.54) is 26.1 Å². The first-order chi connectivity index (χ1) is 16.2. The quantitative estimate of drug-likeness (QED) is 0.508. The number of alkyl halides is 2. The average Bonchev–Trinajstić information content (AvgIpc) is 3.36. The second-order valence-corrected chi connectivity index (χ2v) is 11.5. The molecular weight excluding hydrogens is 476 g/mol. The number of likely N-dealkylation sites (tertiary alicyclic amines) is 1. The molecule has 11 heteroatoms. The number of amides is 2. The van der Waals surface area contributed by atoms with Crippen molar-refractivity contribution in [1.29, 1.82) is 0 Å². The van der Waals surface area contributed by atoms with Gasteiger partial charge in [-0.2, -0.15) is 0 Å². The van der Waals surface area contributed by atoms with Crippen molar-refractivity contribution >= 4 is 29.0 Å². The fourth-order valence-electron chi connectivity index (χ4n) is 3.78. The summed E-state index contributed by atoms with van der Waals surface area (Å²) in [5.41, 5.74) is -1.83. The van der Waals surface area contributed by atoms with Crippen molar-refractivity contribution in [3.05, 3.63) is 28.5 Å². The second kappa shape index (κ2) is 10.1. The Balaban J connectivity index is 2.09. The number of carbonyl (C=O) groups excluding carboxylic acids is 2. The molecule has 0 aromatic carbocycles. The molecule has 0 spiro atoms. The van der Waals surface area contributed by atoms with Gasteiger partial charge in [-0.25, -0.2) is 18.7 Å². The van der Waals surface area contributed by atoms with Crippen molar-refractivity contribution in [1.82, 2.24) is 20.2 Å². The molecule has 2 aromatic rings. The van der Waals surface area contributed by atoms with E-state index in [2.05, 4.69) is 20.6 Å². The Morgan fingerprint density at radius 2 is 1.97 bits per heavy atom. The van der Waals surface area contributed by atoms with Crippen LogP contribution in [0.5, 0.6) is 0 Å². The van der Waals surface area contributed by atoms with E-state index in [9.17, 15) is 23.5 Å². The van der Waals surface area contributed by atoms with Gasteiger partial charge in [-0.15, -0.1) is 11.3 Å². The summed E-state index contributed by atoms with van der Waals surface area (Å²) in [6.45, 7) is 11.2. The molecule has 0 aliphatic carbocycles. The largest absolute Gasteiger partial charge is 0.389 e. The van der Waals surface area contributed by atoms with Crippen LogP contribution in [0.15, 0.2) is 12.3 Å². The number of pyridine rings is 1. The van der Waals surface area contributed by atoms with Crippen LogP contribution >= 0.6 is 11.3 Å². The fraction of sp³-hybridized carbons (Fsp3) is 0.583. The van der Waals surface area contributed by atoms with Crippen LogP contribution in [0.3, 0.4) is 0 Å². The van der Waals surface area contributed by atoms with E-state index in [4.69, 9.17) is 0 Å². The molecule has 1 atom stereocenters. The highest BCUT2D eigenvalue weighted by atomic mass is 32.1. The summed E-state index contributed by atoms with van der Waals surface area (Å²) in [6, 6.07) is 1.25. The highest BCUT2D eigenvalue weighted by molar-refractivity contribution is 7.17. The van der Waals surface area contributed by atoms with Crippen LogP contribution in [0.25, 0.3) is 10.4 Å². The highest BCUT2D eigenvalue weighted by Gasteiger charge is 2.33. The molecule has 0 saturated carbocycles. The molecule has 192 valence electrons. The maximum absolute atomic E-state index is 14.2. The van der Waals surface area contributed by atoms with Crippen LogP contribution in [0.4, 0.5) is 14.6 Å². The number of rotatable bonds is 7. The third-order valence-electron chi connectivity index (χ3n) is 5.44. The van der Waals surface area contributed by atoms with Gasteiger partial charge in [0.2, 0.25) is 0 Å². The molecule has 8 nitrogen and oxygen atoms in total. The first kappa shape index (κ1) is 26.9. The smallest absolute Gasteiger partial charge is 0.280 e. The number of nitrogens with zero attached hydrogens (tertiary/aromatic N) is 3. The molecule has 0 bridgehead atoms. The van der Waals surface area contributed by atoms with E-state index in [1.807, 2.05) is 27.7 Å². The van der Waals surface area contributed by atoms with Gasteiger partial charge in [0.1, 0.15) is 11.5 Å². The van der Waals surface area contributed by atoms with E-state index in [0.717, 1.165) is 24.2 Å². The van der Waals surface area contributed by atoms with E-state index >= 15 is 0 Å². The number of hydrogen-bond donors (Lipinski definition) is 3. The number of aliphatic hydroxyl groups is 1. The van der Waals surface area contributed by atoms with E-state index in [0.29, 0.717) is 6.54 Å². The van der Waals surface area contributed by atoms with Crippen LogP contribution in [-0.2, 0) is 0 Å². The third kappa shape index (κ3) is 6.72. The van der Waals surface area contributed by atoms with Crippen LogP contribution in [-0.4, -0.2) is 62.1 Å². The predicted octanol–water partition coefficient (Wildman–Crippen LogP) is 4.48. The topological polar surface area (TPSA) is 107 Å². The lowest BCUT2D eigenvalue weighted by Crippen LogP contribution is -2.38. The molecule has 3 N–H and O–H groups in total. The van der Waals surface area contributed by atoms with Crippen LogP contribution in [0.1, 0.15) is 86.7 Å². The molecule has 2 amide bonds. The molecule has 1 aliphatic rings. The molecule has 1 unspecified atom stereocenters. The molecule has 1 fully saturated rings. The number of carbonyl (C=O) groups is 2. The lowest BCUT2D eigenvalue weighted by molar-refractivity contribution is 0.0692. The zero-order valence-corrected chi connectivity index (χ0v) is 21.7. The SMILES string of the molecule is CC1CCCN1C(=O)c1nc(C(=O)NCC(C)(C)O)sc1-c1cnc(NC(C)(C)C)cc1C(F)F. The number of halogens is 2. The Morgan fingerprint density at radius 3 is 2.51 bits per heavy atom. The van der Waals surface area contributed by atoms with E-state index < -0.39 is 29.4 Å². The van der Waals surface area contributed by atoms with Crippen LogP contribution in [0.2, 0.25) is 0 Å². The highest BCUT2D eigenvalue weighted by Crippen LogP contribution is 2.39.